The zero-order chi connectivity index (χ0) is 33.7. The average molecular weight is 646 g/mol. The van der Waals surface area contributed by atoms with Crippen LogP contribution in [0.5, 0.6) is 0 Å². The van der Waals surface area contributed by atoms with E-state index in [1.807, 2.05) is 38.2 Å². The number of nitrogens with one attached hydrogen (secondary N) is 3. The molecule has 1 aromatic heterocycles. The number of aromatic nitrogens is 2. The molecule has 0 bridgehead atoms. The summed E-state index contributed by atoms with van der Waals surface area (Å²) >= 11 is 0. The van der Waals surface area contributed by atoms with Gasteiger partial charge < -0.3 is 25.8 Å². The number of aryl methyl sites for hydroxylation is 2. The number of anilines is 1. The maximum Gasteiger partial charge on any atom is 0.270 e. The van der Waals surface area contributed by atoms with Gasteiger partial charge in [0.05, 0.1) is 5.69 Å². The SMILES string of the molecule is CCC(=O)NC(C(=O)N1CCN(C)CC1)C(C)c1ccc(NC(=O)C(NC(=O)c2ccnn2CC)[C@@H]2CCc3ccccc32)c(F)c1. The lowest BCUT2D eigenvalue weighted by Gasteiger charge is -2.36. The number of halogens is 1. The van der Waals surface area contributed by atoms with Crippen molar-refractivity contribution in [2.75, 3.05) is 38.5 Å². The van der Waals surface area contributed by atoms with Gasteiger partial charge in [0.1, 0.15) is 23.6 Å². The summed E-state index contributed by atoms with van der Waals surface area (Å²) in [5, 5.41) is 12.6. The molecule has 1 fully saturated rings. The largest absolute Gasteiger partial charge is 0.344 e. The summed E-state index contributed by atoms with van der Waals surface area (Å²) in [6, 6.07) is 12.0. The third-order valence-electron chi connectivity index (χ3n) is 9.39. The monoisotopic (exact) mass is 645 g/mol. The van der Waals surface area contributed by atoms with E-state index in [1.54, 1.807) is 35.6 Å². The maximum absolute atomic E-state index is 15.7. The van der Waals surface area contributed by atoms with Gasteiger partial charge in [-0.1, -0.05) is 44.2 Å². The second kappa shape index (κ2) is 14.9. The standard InChI is InChI=1S/C35H44FN7O4/c1-5-30(44)39-31(35(47)42-19-17-41(4)18-20-42)22(3)24-12-14-28(27(36)21-24)38-34(46)32(26-13-11-23-9-7-8-10-25(23)26)40-33(45)29-15-16-37-43(29)6-2/h7-10,12,14-16,21-22,26,31-32H,5-6,11,13,17-20H2,1-4H3,(H,38,46)(H,39,44)(H,40,45)/t22?,26-,31?,32?/m1/s1. The molecule has 250 valence electrons. The average Bonchev–Trinajstić information content (AvgIpc) is 3.74. The van der Waals surface area contributed by atoms with E-state index in [1.165, 1.54) is 18.3 Å². The molecule has 3 unspecified atom stereocenters. The molecular weight excluding hydrogens is 601 g/mol. The van der Waals surface area contributed by atoms with Crippen molar-refractivity contribution < 1.29 is 23.6 Å². The maximum atomic E-state index is 15.7. The Morgan fingerprint density at radius 1 is 1.00 bits per heavy atom. The zero-order valence-corrected chi connectivity index (χ0v) is 27.5. The molecule has 1 aliphatic heterocycles. The molecule has 1 aliphatic carbocycles. The molecule has 1 saturated heterocycles. The van der Waals surface area contributed by atoms with Crippen LogP contribution >= 0.6 is 0 Å². The third-order valence-corrected chi connectivity index (χ3v) is 9.39. The van der Waals surface area contributed by atoms with Crippen LogP contribution in [0.4, 0.5) is 10.1 Å². The van der Waals surface area contributed by atoms with E-state index in [-0.39, 0.29) is 29.8 Å². The van der Waals surface area contributed by atoms with Gasteiger partial charge in [0.25, 0.3) is 5.91 Å². The molecule has 11 nitrogen and oxygen atoms in total. The third kappa shape index (κ3) is 7.54. The molecule has 4 atom stereocenters. The van der Waals surface area contributed by atoms with Crippen LogP contribution < -0.4 is 16.0 Å². The number of nitrogens with zero attached hydrogens (tertiary/aromatic N) is 4. The molecule has 2 aliphatic rings. The number of fused-ring (bicyclic) bond motifs is 1. The van der Waals surface area contributed by atoms with Crippen molar-refractivity contribution in [3.05, 3.63) is 82.9 Å². The predicted molar refractivity (Wildman–Crippen MR) is 176 cm³/mol. The van der Waals surface area contributed by atoms with Gasteiger partial charge in [-0.05, 0) is 61.7 Å². The fourth-order valence-electron chi connectivity index (χ4n) is 6.50. The highest BCUT2D eigenvalue weighted by atomic mass is 19.1. The molecule has 2 aromatic carbocycles. The second-order valence-electron chi connectivity index (χ2n) is 12.4. The van der Waals surface area contributed by atoms with Gasteiger partial charge in [-0.3, -0.25) is 23.9 Å². The Labute approximate surface area is 274 Å². The number of hydrogen-bond acceptors (Lipinski definition) is 6. The van der Waals surface area contributed by atoms with Gasteiger partial charge in [0.15, 0.2) is 0 Å². The number of benzene rings is 2. The Bertz CT molecular complexity index is 1620. The molecule has 5 rings (SSSR count). The molecule has 4 amide bonds. The molecule has 0 saturated carbocycles. The van der Waals surface area contributed by atoms with Crippen molar-refractivity contribution >= 4 is 29.3 Å². The number of piperazine rings is 1. The molecule has 47 heavy (non-hydrogen) atoms. The van der Waals surface area contributed by atoms with E-state index in [9.17, 15) is 19.2 Å². The number of amides is 4. The molecule has 12 heteroatoms. The van der Waals surface area contributed by atoms with E-state index >= 15 is 4.39 Å². The smallest absolute Gasteiger partial charge is 0.270 e. The summed E-state index contributed by atoms with van der Waals surface area (Å²) in [7, 11) is 1.99. The summed E-state index contributed by atoms with van der Waals surface area (Å²) in [5.74, 6) is -2.98. The quantitative estimate of drug-likeness (QED) is 0.294. The number of rotatable bonds is 11. The zero-order valence-electron chi connectivity index (χ0n) is 27.5. The highest BCUT2D eigenvalue weighted by Crippen LogP contribution is 2.36. The Kier molecular flexibility index (Phi) is 10.7. The summed E-state index contributed by atoms with van der Waals surface area (Å²) < 4.78 is 17.3. The first kappa shape index (κ1) is 33.8. The number of hydrogen-bond donors (Lipinski definition) is 3. The van der Waals surface area contributed by atoms with Crippen molar-refractivity contribution in [3.63, 3.8) is 0 Å². The minimum atomic E-state index is -0.973. The Morgan fingerprint density at radius 2 is 1.74 bits per heavy atom. The van der Waals surface area contributed by atoms with Crippen LogP contribution in [0, 0.1) is 5.82 Å². The summed E-state index contributed by atoms with van der Waals surface area (Å²) in [6.07, 6.45) is 3.16. The first-order chi connectivity index (χ1) is 22.6. The van der Waals surface area contributed by atoms with Crippen LogP contribution in [0.25, 0.3) is 0 Å². The molecule has 3 aromatic rings. The topological polar surface area (TPSA) is 129 Å². The number of likely N-dealkylation sites (N-methyl/N-ethyl adjacent to an activating group) is 1. The minimum absolute atomic E-state index is 0.0466. The minimum Gasteiger partial charge on any atom is -0.344 e. The van der Waals surface area contributed by atoms with Crippen molar-refractivity contribution in [2.24, 2.45) is 0 Å². The predicted octanol–water partition coefficient (Wildman–Crippen LogP) is 3.28. The van der Waals surface area contributed by atoms with Gasteiger partial charge in [-0.15, -0.1) is 0 Å². The van der Waals surface area contributed by atoms with Crippen molar-refractivity contribution in [3.8, 4) is 0 Å². The van der Waals surface area contributed by atoms with Gasteiger partial charge in [0.2, 0.25) is 17.7 Å². The normalized spacial score (nSPS) is 18.1. The van der Waals surface area contributed by atoms with Gasteiger partial charge in [0, 0.05) is 57.2 Å². The van der Waals surface area contributed by atoms with Gasteiger partial charge >= 0.3 is 0 Å². The summed E-state index contributed by atoms with van der Waals surface area (Å²) in [5.41, 5.74) is 2.88. The van der Waals surface area contributed by atoms with E-state index < -0.39 is 35.6 Å². The van der Waals surface area contributed by atoms with Gasteiger partial charge in [-0.25, -0.2) is 4.39 Å². The molecular formula is C35H44FN7O4. The Balaban J connectivity index is 1.37. The molecule has 2 heterocycles. The van der Waals surface area contributed by atoms with Gasteiger partial charge in [-0.2, -0.15) is 5.10 Å². The van der Waals surface area contributed by atoms with Crippen LogP contribution in [-0.4, -0.2) is 88.5 Å². The van der Waals surface area contributed by atoms with Crippen LogP contribution in [-0.2, 0) is 27.3 Å². The summed E-state index contributed by atoms with van der Waals surface area (Å²) in [6.45, 7) is 8.41. The fourth-order valence-corrected chi connectivity index (χ4v) is 6.50. The Morgan fingerprint density at radius 3 is 2.45 bits per heavy atom. The van der Waals surface area contributed by atoms with Crippen molar-refractivity contribution in [1.29, 1.82) is 0 Å². The van der Waals surface area contributed by atoms with Crippen molar-refractivity contribution in [1.82, 2.24) is 30.2 Å². The van der Waals surface area contributed by atoms with E-state index in [4.69, 9.17) is 0 Å². The Hall–Kier alpha value is -4.58. The molecule has 0 radical (unpaired) electrons. The number of carbonyl (C=O) groups excluding carboxylic acids is 4. The first-order valence-corrected chi connectivity index (χ1v) is 16.4. The van der Waals surface area contributed by atoms with E-state index in [0.717, 1.165) is 30.6 Å². The molecule has 3 N–H and O–H groups in total. The van der Waals surface area contributed by atoms with Crippen LogP contribution in [0.3, 0.4) is 0 Å². The lowest BCUT2D eigenvalue weighted by molar-refractivity contribution is -0.138. The highest BCUT2D eigenvalue weighted by molar-refractivity contribution is 6.01. The summed E-state index contributed by atoms with van der Waals surface area (Å²) in [4.78, 5) is 57.1. The van der Waals surface area contributed by atoms with Crippen LogP contribution in [0.1, 0.15) is 72.6 Å². The van der Waals surface area contributed by atoms with Crippen LogP contribution in [0.15, 0.2) is 54.7 Å². The van der Waals surface area contributed by atoms with Crippen LogP contribution in [0.2, 0.25) is 0 Å². The second-order valence-corrected chi connectivity index (χ2v) is 12.4. The highest BCUT2D eigenvalue weighted by Gasteiger charge is 2.37. The van der Waals surface area contributed by atoms with E-state index in [0.29, 0.717) is 37.3 Å². The number of carbonyl (C=O) groups is 4. The lowest BCUT2D eigenvalue weighted by Crippen LogP contribution is -2.55. The molecule has 0 spiro atoms. The van der Waals surface area contributed by atoms with Crippen molar-refractivity contribution in [2.45, 2.75) is 70.5 Å². The fraction of sp³-hybridized carbons (Fsp3) is 0.457. The first-order valence-electron chi connectivity index (χ1n) is 16.4. The lowest BCUT2D eigenvalue weighted by atomic mass is 9.91. The van der Waals surface area contributed by atoms with E-state index in [2.05, 4.69) is 25.9 Å².